The molecule has 2 rings (SSSR count). The van der Waals surface area contributed by atoms with E-state index in [1.54, 1.807) is 18.2 Å². The van der Waals surface area contributed by atoms with Crippen LogP contribution in [0.15, 0.2) is 53.4 Å². The van der Waals surface area contributed by atoms with Crippen molar-refractivity contribution in [3.05, 3.63) is 59.7 Å². The molecule has 4 N–H and O–H groups in total. The molecule has 0 radical (unpaired) electrons. The first-order chi connectivity index (χ1) is 9.91. The van der Waals surface area contributed by atoms with Crippen LogP contribution in [0.3, 0.4) is 0 Å². The zero-order valence-electron chi connectivity index (χ0n) is 11.9. The van der Waals surface area contributed by atoms with E-state index >= 15 is 0 Å². The molecule has 112 valence electrons. The zero-order chi connectivity index (χ0) is 15.5. The van der Waals surface area contributed by atoms with Gasteiger partial charge in [0.1, 0.15) is 4.90 Å². The minimum Gasteiger partial charge on any atom is -0.369 e. The molecule has 5 nitrogen and oxygen atoms in total. The Morgan fingerprint density at radius 2 is 1.57 bits per heavy atom. The Morgan fingerprint density at radius 3 is 2.14 bits per heavy atom. The average molecular weight is 305 g/mol. The molecule has 0 saturated heterocycles. The number of benzene rings is 2. The molecule has 0 aromatic heterocycles. The smallest absolute Gasteiger partial charge is 0.240 e. The van der Waals surface area contributed by atoms with Gasteiger partial charge in [-0.2, -0.15) is 0 Å². The SMILES string of the molecule is CN(Cc1ccc(CN)cc1)c1ccccc1S(N)(=O)=O. The second kappa shape index (κ2) is 6.26. The fraction of sp³-hybridized carbons (Fsp3) is 0.200. The van der Waals surface area contributed by atoms with Crippen molar-refractivity contribution in [1.82, 2.24) is 0 Å². The summed E-state index contributed by atoms with van der Waals surface area (Å²) in [6.45, 7) is 1.09. The van der Waals surface area contributed by atoms with E-state index in [-0.39, 0.29) is 4.90 Å². The number of nitrogens with two attached hydrogens (primary N) is 2. The van der Waals surface area contributed by atoms with E-state index in [0.717, 1.165) is 11.1 Å². The van der Waals surface area contributed by atoms with Gasteiger partial charge in [-0.25, -0.2) is 13.6 Å². The number of hydrogen-bond donors (Lipinski definition) is 2. The largest absolute Gasteiger partial charge is 0.369 e. The summed E-state index contributed by atoms with van der Waals surface area (Å²) >= 11 is 0. The lowest BCUT2D eigenvalue weighted by Crippen LogP contribution is -2.21. The minimum absolute atomic E-state index is 0.131. The summed E-state index contributed by atoms with van der Waals surface area (Å²) < 4.78 is 23.3. The van der Waals surface area contributed by atoms with Gasteiger partial charge in [0.15, 0.2) is 0 Å². The predicted octanol–water partition coefficient (Wildman–Crippen LogP) is 1.43. The normalized spacial score (nSPS) is 11.4. The van der Waals surface area contributed by atoms with E-state index in [2.05, 4.69) is 0 Å². The molecule has 0 aliphatic rings. The first kappa shape index (κ1) is 15.5. The van der Waals surface area contributed by atoms with Gasteiger partial charge in [-0.1, -0.05) is 36.4 Å². The zero-order valence-corrected chi connectivity index (χ0v) is 12.7. The van der Waals surface area contributed by atoms with E-state index in [1.807, 2.05) is 36.2 Å². The topological polar surface area (TPSA) is 89.4 Å². The quantitative estimate of drug-likeness (QED) is 0.874. The number of hydrogen-bond acceptors (Lipinski definition) is 4. The van der Waals surface area contributed by atoms with Crippen molar-refractivity contribution in [1.29, 1.82) is 0 Å². The van der Waals surface area contributed by atoms with Crippen molar-refractivity contribution in [2.24, 2.45) is 10.9 Å². The number of rotatable bonds is 5. The number of para-hydroxylation sites is 1. The third-order valence-corrected chi connectivity index (χ3v) is 4.22. The standard InChI is InChI=1S/C15H19N3O2S/c1-18(11-13-8-6-12(10-16)7-9-13)14-4-2-3-5-15(14)21(17,19)20/h2-9H,10-11,16H2,1H3,(H2,17,19,20). The van der Waals surface area contributed by atoms with Crippen LogP contribution in [0.5, 0.6) is 0 Å². The summed E-state index contributed by atoms with van der Waals surface area (Å²) in [7, 11) is -1.91. The highest BCUT2D eigenvalue weighted by atomic mass is 32.2. The van der Waals surface area contributed by atoms with Gasteiger partial charge in [0.05, 0.1) is 5.69 Å². The molecular weight excluding hydrogens is 286 g/mol. The van der Waals surface area contributed by atoms with E-state index in [0.29, 0.717) is 18.8 Å². The molecular formula is C15H19N3O2S. The lowest BCUT2D eigenvalue weighted by atomic mass is 10.1. The van der Waals surface area contributed by atoms with Gasteiger partial charge < -0.3 is 10.6 Å². The Bertz CT molecular complexity index is 712. The summed E-state index contributed by atoms with van der Waals surface area (Å²) in [5.74, 6) is 0. The number of anilines is 1. The Morgan fingerprint density at radius 1 is 1.00 bits per heavy atom. The van der Waals surface area contributed by atoms with Crippen molar-refractivity contribution in [3.8, 4) is 0 Å². The summed E-state index contributed by atoms with van der Waals surface area (Å²) in [6, 6.07) is 14.6. The maximum absolute atomic E-state index is 11.6. The maximum atomic E-state index is 11.6. The molecule has 0 amide bonds. The van der Waals surface area contributed by atoms with Crippen molar-refractivity contribution in [3.63, 3.8) is 0 Å². The fourth-order valence-corrected chi connectivity index (χ4v) is 2.94. The van der Waals surface area contributed by atoms with Gasteiger partial charge in [0.25, 0.3) is 0 Å². The molecule has 0 bridgehead atoms. The third-order valence-electron chi connectivity index (χ3n) is 3.26. The lowest BCUT2D eigenvalue weighted by Gasteiger charge is -2.21. The van der Waals surface area contributed by atoms with Crippen LogP contribution in [0.4, 0.5) is 5.69 Å². The number of nitrogens with zero attached hydrogens (tertiary/aromatic N) is 1. The minimum atomic E-state index is -3.74. The monoisotopic (exact) mass is 305 g/mol. The predicted molar refractivity (Wildman–Crippen MR) is 84.3 cm³/mol. The Kier molecular flexibility index (Phi) is 4.62. The van der Waals surface area contributed by atoms with Crippen LogP contribution < -0.4 is 15.8 Å². The number of primary sulfonamides is 1. The Balaban J connectivity index is 2.26. The Hall–Kier alpha value is -1.89. The maximum Gasteiger partial charge on any atom is 0.240 e. The second-order valence-corrected chi connectivity index (χ2v) is 6.42. The molecule has 0 atom stereocenters. The molecule has 0 fully saturated rings. The summed E-state index contributed by atoms with van der Waals surface area (Å²) in [6.07, 6.45) is 0. The first-order valence-electron chi connectivity index (χ1n) is 6.52. The van der Waals surface area contributed by atoms with Gasteiger partial charge in [-0.3, -0.25) is 0 Å². The number of sulfonamides is 1. The van der Waals surface area contributed by atoms with Gasteiger partial charge in [0.2, 0.25) is 10.0 Å². The van der Waals surface area contributed by atoms with Crippen LogP contribution in [-0.4, -0.2) is 15.5 Å². The van der Waals surface area contributed by atoms with Crippen LogP contribution in [0, 0.1) is 0 Å². The molecule has 21 heavy (non-hydrogen) atoms. The summed E-state index contributed by atoms with van der Waals surface area (Å²) in [4.78, 5) is 1.99. The molecule has 6 heteroatoms. The van der Waals surface area contributed by atoms with E-state index in [9.17, 15) is 8.42 Å². The highest BCUT2D eigenvalue weighted by Gasteiger charge is 2.16. The average Bonchev–Trinajstić information content (AvgIpc) is 2.47. The van der Waals surface area contributed by atoms with Crippen molar-refractivity contribution in [2.75, 3.05) is 11.9 Å². The highest BCUT2D eigenvalue weighted by Crippen LogP contribution is 2.24. The molecule has 0 aliphatic heterocycles. The molecule has 2 aromatic rings. The van der Waals surface area contributed by atoms with Gasteiger partial charge in [0, 0.05) is 20.1 Å². The van der Waals surface area contributed by atoms with Gasteiger partial charge >= 0.3 is 0 Å². The van der Waals surface area contributed by atoms with E-state index in [1.165, 1.54) is 6.07 Å². The van der Waals surface area contributed by atoms with Crippen molar-refractivity contribution >= 4 is 15.7 Å². The molecule has 0 spiro atoms. The van der Waals surface area contributed by atoms with Crippen LogP contribution >= 0.6 is 0 Å². The van der Waals surface area contributed by atoms with Gasteiger partial charge in [-0.15, -0.1) is 0 Å². The molecule has 0 heterocycles. The fourth-order valence-electron chi connectivity index (χ4n) is 2.15. The lowest BCUT2D eigenvalue weighted by molar-refractivity contribution is 0.597. The van der Waals surface area contributed by atoms with Crippen molar-refractivity contribution in [2.45, 2.75) is 18.0 Å². The van der Waals surface area contributed by atoms with E-state index in [4.69, 9.17) is 10.9 Å². The molecule has 0 saturated carbocycles. The summed E-state index contributed by atoms with van der Waals surface area (Å²) in [5, 5.41) is 5.26. The highest BCUT2D eigenvalue weighted by molar-refractivity contribution is 7.89. The van der Waals surface area contributed by atoms with E-state index < -0.39 is 10.0 Å². The first-order valence-corrected chi connectivity index (χ1v) is 8.07. The molecule has 2 aromatic carbocycles. The van der Waals surface area contributed by atoms with Crippen LogP contribution in [-0.2, 0) is 23.1 Å². The molecule has 0 unspecified atom stereocenters. The summed E-state index contributed by atoms with van der Waals surface area (Å²) in [5.41, 5.74) is 8.28. The van der Waals surface area contributed by atoms with Crippen molar-refractivity contribution < 1.29 is 8.42 Å². The van der Waals surface area contributed by atoms with Crippen LogP contribution in [0.1, 0.15) is 11.1 Å². The second-order valence-electron chi connectivity index (χ2n) is 4.89. The van der Waals surface area contributed by atoms with Crippen LogP contribution in [0.25, 0.3) is 0 Å². The van der Waals surface area contributed by atoms with Crippen LogP contribution in [0.2, 0.25) is 0 Å². The molecule has 0 aliphatic carbocycles. The third kappa shape index (κ3) is 3.81. The van der Waals surface area contributed by atoms with Gasteiger partial charge in [-0.05, 0) is 23.3 Å². The Labute approximate surface area is 125 Å².